The predicted molar refractivity (Wildman–Crippen MR) is 87.5 cm³/mol. The highest BCUT2D eigenvalue weighted by atomic mass is 32.1. The number of ether oxygens (including phenoxy) is 1. The molecule has 0 saturated carbocycles. The Morgan fingerprint density at radius 3 is 2.71 bits per heavy atom. The molecule has 3 rings (SSSR count). The van der Waals surface area contributed by atoms with Crippen molar-refractivity contribution in [1.82, 2.24) is 4.98 Å². The third-order valence-corrected chi connectivity index (χ3v) is 4.69. The molecule has 1 saturated heterocycles. The molecule has 2 aromatic rings. The fraction of sp³-hybridized carbons (Fsp3) is 0.333. The summed E-state index contributed by atoms with van der Waals surface area (Å²) in [5.41, 5.74) is 2.18. The van der Waals surface area contributed by atoms with Crippen LogP contribution in [0.4, 0.5) is 5.13 Å². The maximum absolute atomic E-state index is 8.84. The molecular formula is C15H15N3OS2. The molecule has 6 heteroatoms. The Morgan fingerprint density at radius 1 is 1.43 bits per heavy atom. The topological polar surface area (TPSA) is 49.1 Å². The second kappa shape index (κ2) is 5.34. The Morgan fingerprint density at radius 2 is 2.14 bits per heavy atom. The maximum Gasteiger partial charge on any atom is 0.189 e. The number of nitrogens with zero attached hydrogens (tertiary/aromatic N) is 3. The summed E-state index contributed by atoms with van der Waals surface area (Å²) in [7, 11) is 0. The number of hydrogen-bond acceptors (Lipinski definition) is 6. The molecule has 1 unspecified atom stereocenters. The van der Waals surface area contributed by atoms with Gasteiger partial charge in [0, 0.05) is 10.9 Å². The second-order valence-corrected chi connectivity index (χ2v) is 6.80. The van der Waals surface area contributed by atoms with Gasteiger partial charge in [-0.2, -0.15) is 5.26 Å². The van der Waals surface area contributed by atoms with E-state index in [1.165, 1.54) is 0 Å². The van der Waals surface area contributed by atoms with Crippen molar-refractivity contribution in [2.24, 2.45) is 0 Å². The van der Waals surface area contributed by atoms with Gasteiger partial charge in [-0.25, -0.2) is 4.98 Å². The van der Waals surface area contributed by atoms with Crippen LogP contribution in [0.1, 0.15) is 19.4 Å². The van der Waals surface area contributed by atoms with Crippen molar-refractivity contribution >= 4 is 29.1 Å². The first kappa shape index (κ1) is 14.4. The molecular weight excluding hydrogens is 302 g/mol. The van der Waals surface area contributed by atoms with Crippen LogP contribution in [0, 0.1) is 11.3 Å². The van der Waals surface area contributed by atoms with Crippen LogP contribution >= 0.6 is 24.0 Å². The van der Waals surface area contributed by atoms with Gasteiger partial charge in [-0.15, -0.1) is 24.0 Å². The van der Waals surface area contributed by atoms with Crippen molar-refractivity contribution in [2.75, 3.05) is 11.5 Å². The fourth-order valence-corrected chi connectivity index (χ4v) is 3.89. The minimum atomic E-state index is -0.264. The van der Waals surface area contributed by atoms with Crippen molar-refractivity contribution in [3.8, 4) is 17.3 Å². The molecule has 21 heavy (non-hydrogen) atoms. The first-order chi connectivity index (χ1) is 10.0. The molecule has 0 bridgehead atoms. The van der Waals surface area contributed by atoms with Crippen LogP contribution in [-0.2, 0) is 4.74 Å². The summed E-state index contributed by atoms with van der Waals surface area (Å²) in [6, 6.07) is 9.56. The van der Waals surface area contributed by atoms with Crippen molar-refractivity contribution in [1.29, 1.82) is 5.26 Å². The van der Waals surface area contributed by atoms with Crippen molar-refractivity contribution in [3.05, 3.63) is 35.2 Å². The Bertz CT molecular complexity index is 688. The van der Waals surface area contributed by atoms with E-state index in [1.807, 2.05) is 17.5 Å². The van der Waals surface area contributed by atoms with E-state index in [2.05, 4.69) is 37.4 Å². The van der Waals surface area contributed by atoms with E-state index in [1.54, 1.807) is 23.5 Å². The quantitative estimate of drug-likeness (QED) is 0.861. The lowest BCUT2D eigenvalue weighted by molar-refractivity contribution is 0.164. The number of rotatable bonds is 2. The van der Waals surface area contributed by atoms with Gasteiger partial charge in [-0.05, 0) is 26.0 Å². The molecule has 108 valence electrons. The number of thiol groups is 1. The van der Waals surface area contributed by atoms with E-state index >= 15 is 0 Å². The summed E-state index contributed by atoms with van der Waals surface area (Å²) >= 11 is 6.05. The summed E-state index contributed by atoms with van der Waals surface area (Å²) in [5, 5.41) is 11.8. The van der Waals surface area contributed by atoms with E-state index in [0.717, 1.165) is 16.4 Å². The first-order valence-corrected chi connectivity index (χ1v) is 7.96. The number of nitriles is 1. The fourth-order valence-electron chi connectivity index (χ4n) is 2.30. The van der Waals surface area contributed by atoms with Crippen LogP contribution in [0.25, 0.3) is 11.3 Å². The summed E-state index contributed by atoms with van der Waals surface area (Å²) in [5.74, 6) is 0. The van der Waals surface area contributed by atoms with Gasteiger partial charge in [-0.1, -0.05) is 12.1 Å². The van der Waals surface area contributed by atoms with Gasteiger partial charge in [0.25, 0.3) is 0 Å². The molecule has 0 spiro atoms. The average Bonchev–Trinajstić information content (AvgIpc) is 3.04. The summed E-state index contributed by atoms with van der Waals surface area (Å²) < 4.78 is 5.60. The number of hydrogen-bond donors (Lipinski definition) is 1. The number of aromatic nitrogens is 1. The lowest BCUT2D eigenvalue weighted by Gasteiger charge is -2.30. The van der Waals surface area contributed by atoms with Crippen LogP contribution in [0.3, 0.4) is 0 Å². The molecule has 1 atom stereocenters. The number of benzene rings is 1. The zero-order valence-corrected chi connectivity index (χ0v) is 13.5. The van der Waals surface area contributed by atoms with Gasteiger partial charge in [0.05, 0.1) is 29.5 Å². The smallest absolute Gasteiger partial charge is 0.189 e. The van der Waals surface area contributed by atoms with Gasteiger partial charge < -0.3 is 9.64 Å². The molecule has 0 amide bonds. The molecule has 2 heterocycles. The van der Waals surface area contributed by atoms with Gasteiger partial charge in [0.15, 0.2) is 10.7 Å². The van der Waals surface area contributed by atoms with Crippen LogP contribution < -0.4 is 4.90 Å². The lowest BCUT2D eigenvalue weighted by atomic mass is 10.1. The lowest BCUT2D eigenvalue weighted by Crippen LogP contribution is -2.42. The highest BCUT2D eigenvalue weighted by Crippen LogP contribution is 2.37. The zero-order chi connectivity index (χ0) is 15.0. The van der Waals surface area contributed by atoms with Gasteiger partial charge in [-0.3, -0.25) is 0 Å². The van der Waals surface area contributed by atoms with Crippen LogP contribution in [0.15, 0.2) is 29.6 Å². The van der Waals surface area contributed by atoms with Gasteiger partial charge >= 0.3 is 0 Å². The van der Waals surface area contributed by atoms with Crippen LogP contribution in [0.2, 0.25) is 0 Å². The van der Waals surface area contributed by atoms with Crippen molar-refractivity contribution in [3.63, 3.8) is 0 Å². The predicted octanol–water partition coefficient (Wildman–Crippen LogP) is 3.51. The number of anilines is 1. The zero-order valence-electron chi connectivity index (χ0n) is 11.8. The third-order valence-electron chi connectivity index (χ3n) is 3.47. The Balaban J connectivity index is 1.91. The monoisotopic (exact) mass is 317 g/mol. The molecule has 0 radical (unpaired) electrons. The van der Waals surface area contributed by atoms with E-state index in [-0.39, 0.29) is 11.1 Å². The summed E-state index contributed by atoms with van der Waals surface area (Å²) in [6.07, 6.45) is 0. The van der Waals surface area contributed by atoms with Crippen LogP contribution in [0.5, 0.6) is 0 Å². The Labute approximate surface area is 133 Å². The molecule has 1 aromatic heterocycles. The normalized spacial score (nSPS) is 20.5. The highest BCUT2D eigenvalue weighted by Gasteiger charge is 2.40. The minimum Gasteiger partial charge on any atom is -0.347 e. The maximum atomic E-state index is 8.84. The third kappa shape index (κ3) is 2.64. The van der Waals surface area contributed by atoms with E-state index in [4.69, 9.17) is 15.0 Å². The highest BCUT2D eigenvalue weighted by molar-refractivity contribution is 7.80. The average molecular weight is 317 g/mol. The van der Waals surface area contributed by atoms with Crippen molar-refractivity contribution in [2.45, 2.75) is 24.9 Å². The molecule has 4 nitrogen and oxygen atoms in total. The Hall–Kier alpha value is -1.55. The molecule has 1 aliphatic heterocycles. The van der Waals surface area contributed by atoms with E-state index in [9.17, 15) is 0 Å². The molecule has 1 aliphatic rings. The molecule has 1 fully saturated rings. The minimum absolute atomic E-state index is 0.119. The number of thiazole rings is 1. The van der Waals surface area contributed by atoms with Crippen LogP contribution in [-0.4, -0.2) is 22.7 Å². The second-order valence-electron chi connectivity index (χ2n) is 5.52. The SMILES string of the molecule is CC1(C)COC(S)N1c1nc(-c2ccc(C#N)cc2)cs1. The molecule has 0 aliphatic carbocycles. The van der Waals surface area contributed by atoms with Gasteiger partial charge in [0.1, 0.15) is 0 Å². The van der Waals surface area contributed by atoms with E-state index < -0.39 is 0 Å². The first-order valence-electron chi connectivity index (χ1n) is 6.56. The van der Waals surface area contributed by atoms with Crippen molar-refractivity contribution < 1.29 is 4.74 Å². The van der Waals surface area contributed by atoms with Gasteiger partial charge in [0.2, 0.25) is 0 Å². The van der Waals surface area contributed by atoms with E-state index in [0.29, 0.717) is 12.2 Å². The molecule has 0 N–H and O–H groups in total. The largest absolute Gasteiger partial charge is 0.347 e. The standard InChI is InChI=1S/C15H15N3OS2/c1-15(2)9-19-14(20)18(15)13-17-12(8-21-13)11-5-3-10(7-16)4-6-11/h3-6,8,14,20H,9H2,1-2H3. The summed E-state index contributed by atoms with van der Waals surface area (Å²) in [4.78, 5) is 6.79. The molecule has 1 aromatic carbocycles. The summed E-state index contributed by atoms with van der Waals surface area (Å²) in [6.45, 7) is 4.87. The Kier molecular flexibility index (Phi) is 3.66.